The number of primary amides is 1. The smallest absolute Gasteiger partial charge is 0.263 e. The molecule has 1 unspecified atom stereocenters. The molecular formula is C19H14ClN3O2S2. The van der Waals surface area contributed by atoms with E-state index in [4.69, 9.17) is 22.3 Å². The normalized spacial score (nSPS) is 12.4. The summed E-state index contributed by atoms with van der Waals surface area (Å²) in [5.74, 6) is -0.198. The van der Waals surface area contributed by atoms with Crippen LogP contribution in [0, 0.1) is 0 Å². The first kappa shape index (κ1) is 17.9. The Morgan fingerprint density at radius 2 is 1.96 bits per heavy atom. The Morgan fingerprint density at radius 1 is 1.22 bits per heavy atom. The van der Waals surface area contributed by atoms with Crippen molar-refractivity contribution in [2.75, 3.05) is 0 Å². The summed E-state index contributed by atoms with van der Waals surface area (Å²) in [5, 5.41) is 4.97. The van der Waals surface area contributed by atoms with E-state index < -0.39 is 11.9 Å². The van der Waals surface area contributed by atoms with Gasteiger partial charge < -0.3 is 5.73 Å². The van der Waals surface area contributed by atoms with Gasteiger partial charge in [-0.2, -0.15) is 0 Å². The largest absolute Gasteiger partial charge is 0.368 e. The number of aromatic nitrogens is 2. The second-order valence-electron chi connectivity index (χ2n) is 6.00. The molecule has 4 aromatic rings. The third-order valence-corrected chi connectivity index (χ3v) is 6.36. The van der Waals surface area contributed by atoms with Crippen molar-refractivity contribution in [3.05, 3.63) is 62.5 Å². The number of thiophene rings is 2. The minimum Gasteiger partial charge on any atom is -0.368 e. The molecule has 1 aromatic carbocycles. The Morgan fingerprint density at radius 3 is 2.59 bits per heavy atom. The van der Waals surface area contributed by atoms with Crippen molar-refractivity contribution in [2.45, 2.75) is 13.0 Å². The van der Waals surface area contributed by atoms with Gasteiger partial charge in [0.2, 0.25) is 5.91 Å². The topological polar surface area (TPSA) is 78.0 Å². The van der Waals surface area contributed by atoms with Gasteiger partial charge in [0.15, 0.2) is 0 Å². The summed E-state index contributed by atoms with van der Waals surface area (Å²) in [4.78, 5) is 31.6. The molecule has 0 radical (unpaired) electrons. The zero-order valence-electron chi connectivity index (χ0n) is 14.2. The van der Waals surface area contributed by atoms with E-state index in [1.165, 1.54) is 15.9 Å². The van der Waals surface area contributed by atoms with Gasteiger partial charge in [-0.15, -0.1) is 22.7 Å². The number of amides is 1. The molecule has 3 aromatic heterocycles. The lowest BCUT2D eigenvalue weighted by molar-refractivity contribution is -0.120. The zero-order chi connectivity index (χ0) is 19.1. The van der Waals surface area contributed by atoms with E-state index in [0.717, 1.165) is 10.4 Å². The summed E-state index contributed by atoms with van der Waals surface area (Å²) in [6, 6.07) is 10.0. The summed E-state index contributed by atoms with van der Waals surface area (Å²) in [6.07, 6.45) is 0. The van der Waals surface area contributed by atoms with E-state index in [0.29, 0.717) is 26.6 Å². The monoisotopic (exact) mass is 415 g/mol. The van der Waals surface area contributed by atoms with Crippen LogP contribution in [0.1, 0.15) is 13.0 Å². The maximum atomic E-state index is 13.4. The molecule has 0 spiro atoms. The molecule has 5 nitrogen and oxygen atoms in total. The molecule has 0 aliphatic carbocycles. The van der Waals surface area contributed by atoms with E-state index in [1.54, 1.807) is 42.5 Å². The highest BCUT2D eigenvalue weighted by Gasteiger charge is 2.23. The number of benzene rings is 1. The number of nitrogens with two attached hydrogens (primary N) is 1. The van der Waals surface area contributed by atoms with Crippen molar-refractivity contribution in [2.24, 2.45) is 5.73 Å². The van der Waals surface area contributed by atoms with Crippen LogP contribution >= 0.6 is 34.3 Å². The first-order valence-electron chi connectivity index (χ1n) is 8.10. The average Bonchev–Trinajstić information content (AvgIpc) is 3.31. The van der Waals surface area contributed by atoms with E-state index in [2.05, 4.69) is 0 Å². The number of fused-ring (bicyclic) bond motifs is 1. The summed E-state index contributed by atoms with van der Waals surface area (Å²) >= 11 is 8.94. The fourth-order valence-corrected chi connectivity index (χ4v) is 4.78. The summed E-state index contributed by atoms with van der Waals surface area (Å²) in [7, 11) is 0. The Hall–Kier alpha value is -2.48. The molecule has 0 saturated carbocycles. The summed E-state index contributed by atoms with van der Waals surface area (Å²) < 4.78 is 1.37. The van der Waals surface area contributed by atoms with Gasteiger partial charge in [-0.1, -0.05) is 17.7 Å². The van der Waals surface area contributed by atoms with Crippen molar-refractivity contribution in [1.82, 2.24) is 9.55 Å². The molecule has 8 heteroatoms. The van der Waals surface area contributed by atoms with Gasteiger partial charge in [0.1, 0.15) is 16.7 Å². The molecule has 0 aliphatic rings. The van der Waals surface area contributed by atoms with E-state index >= 15 is 0 Å². The molecule has 27 heavy (non-hydrogen) atoms. The molecule has 4 rings (SSSR count). The molecule has 0 aliphatic heterocycles. The number of nitrogens with zero attached hydrogens (tertiary/aromatic N) is 2. The molecule has 1 atom stereocenters. The SMILES string of the molecule is CC(C(N)=O)n1c(-c2ccc(Cl)cc2)nc2scc(-c3cccs3)c2c1=O. The highest BCUT2D eigenvalue weighted by Crippen LogP contribution is 2.35. The third kappa shape index (κ3) is 3.07. The van der Waals surface area contributed by atoms with Gasteiger partial charge in [-0.05, 0) is 42.6 Å². The van der Waals surface area contributed by atoms with Crippen LogP contribution in [-0.4, -0.2) is 15.5 Å². The van der Waals surface area contributed by atoms with Gasteiger partial charge in [0.05, 0.1) is 5.39 Å². The maximum absolute atomic E-state index is 13.4. The second-order valence-corrected chi connectivity index (χ2v) is 8.24. The minimum absolute atomic E-state index is 0.277. The van der Waals surface area contributed by atoms with Crippen molar-refractivity contribution >= 4 is 50.4 Å². The number of rotatable bonds is 4. The number of hydrogen-bond donors (Lipinski definition) is 1. The molecule has 136 valence electrons. The lowest BCUT2D eigenvalue weighted by Gasteiger charge is -2.17. The zero-order valence-corrected chi connectivity index (χ0v) is 16.6. The Labute approximate surface area is 167 Å². The molecule has 0 fully saturated rings. The molecule has 1 amide bonds. The van der Waals surface area contributed by atoms with Crippen molar-refractivity contribution in [3.8, 4) is 21.8 Å². The highest BCUT2D eigenvalue weighted by atomic mass is 35.5. The Bertz CT molecular complexity index is 1190. The first-order chi connectivity index (χ1) is 13.0. The van der Waals surface area contributed by atoms with E-state index in [-0.39, 0.29) is 5.56 Å². The van der Waals surface area contributed by atoms with Crippen molar-refractivity contribution in [1.29, 1.82) is 0 Å². The number of carbonyl (C=O) groups excluding carboxylic acids is 1. The van der Waals surface area contributed by atoms with E-state index in [1.807, 2.05) is 22.9 Å². The molecule has 2 N–H and O–H groups in total. The molecule has 0 saturated heterocycles. The van der Waals surface area contributed by atoms with Crippen LogP contribution in [0.25, 0.3) is 32.0 Å². The Balaban J connectivity index is 2.06. The lowest BCUT2D eigenvalue weighted by atomic mass is 10.1. The average molecular weight is 416 g/mol. The number of halogens is 1. The maximum Gasteiger partial charge on any atom is 0.263 e. The predicted molar refractivity (Wildman–Crippen MR) is 112 cm³/mol. The third-order valence-electron chi connectivity index (χ3n) is 4.33. The van der Waals surface area contributed by atoms with Crippen LogP contribution in [0.2, 0.25) is 5.02 Å². The first-order valence-corrected chi connectivity index (χ1v) is 10.2. The molecule has 0 bridgehead atoms. The van der Waals surface area contributed by atoms with Crippen LogP contribution in [0.3, 0.4) is 0 Å². The van der Waals surface area contributed by atoms with Crippen LogP contribution in [0.5, 0.6) is 0 Å². The quantitative estimate of drug-likeness (QED) is 0.531. The van der Waals surface area contributed by atoms with Gasteiger partial charge in [0, 0.05) is 26.4 Å². The molecule has 3 heterocycles. The van der Waals surface area contributed by atoms with Crippen LogP contribution in [0.15, 0.2) is 52.0 Å². The predicted octanol–water partition coefficient (Wildman–Crippen LogP) is 4.55. The van der Waals surface area contributed by atoms with Gasteiger partial charge in [-0.3, -0.25) is 14.2 Å². The number of hydrogen-bond acceptors (Lipinski definition) is 5. The summed E-state index contributed by atoms with van der Waals surface area (Å²) in [6.45, 7) is 1.61. The minimum atomic E-state index is -0.837. The van der Waals surface area contributed by atoms with E-state index in [9.17, 15) is 9.59 Å². The fourth-order valence-electron chi connectivity index (χ4n) is 2.91. The fraction of sp³-hybridized carbons (Fsp3) is 0.105. The molecular weight excluding hydrogens is 402 g/mol. The standard InChI is InChI=1S/C19H14ClN3O2S2/c1-10(16(21)24)23-17(11-4-6-12(20)7-5-11)22-18-15(19(23)25)13(9-27-18)14-3-2-8-26-14/h2-10H,1H3,(H2,21,24). The second kappa shape index (κ2) is 6.92. The van der Waals surface area contributed by atoms with Gasteiger partial charge in [0.25, 0.3) is 5.56 Å². The van der Waals surface area contributed by atoms with Gasteiger partial charge in [-0.25, -0.2) is 4.98 Å². The van der Waals surface area contributed by atoms with Crippen molar-refractivity contribution in [3.63, 3.8) is 0 Å². The highest BCUT2D eigenvalue weighted by molar-refractivity contribution is 7.18. The lowest BCUT2D eigenvalue weighted by Crippen LogP contribution is -2.33. The van der Waals surface area contributed by atoms with Crippen LogP contribution < -0.4 is 11.3 Å². The van der Waals surface area contributed by atoms with Crippen LogP contribution in [-0.2, 0) is 4.79 Å². The Kier molecular flexibility index (Phi) is 4.59. The number of carbonyl (C=O) groups is 1. The summed E-state index contributed by atoms with van der Waals surface area (Å²) in [5.41, 5.74) is 6.76. The van der Waals surface area contributed by atoms with Crippen molar-refractivity contribution < 1.29 is 4.79 Å². The van der Waals surface area contributed by atoms with Crippen LogP contribution in [0.4, 0.5) is 0 Å². The van der Waals surface area contributed by atoms with Gasteiger partial charge >= 0.3 is 0 Å².